The average molecular weight is 311 g/mol. The van der Waals surface area contributed by atoms with E-state index in [2.05, 4.69) is 6.07 Å². The summed E-state index contributed by atoms with van der Waals surface area (Å²) in [5.74, 6) is 2.50. The van der Waals surface area contributed by atoms with Crippen LogP contribution in [0.1, 0.15) is 37.4 Å². The minimum atomic E-state index is 0.220. The SMILES string of the molecule is N#Cc1cc(N)c(Oc2ccc3c(c2)OCO3)n1C1CCCC1. The maximum atomic E-state index is 9.39. The third-order valence-corrected chi connectivity index (χ3v) is 4.38. The average Bonchev–Trinajstić information content (AvgIpc) is 3.27. The van der Waals surface area contributed by atoms with Crippen molar-refractivity contribution < 1.29 is 14.2 Å². The quantitative estimate of drug-likeness (QED) is 0.936. The molecular formula is C17H17N3O3. The van der Waals surface area contributed by atoms with E-state index in [-0.39, 0.29) is 12.8 Å². The van der Waals surface area contributed by atoms with Crippen molar-refractivity contribution in [2.45, 2.75) is 31.7 Å². The van der Waals surface area contributed by atoms with Crippen molar-refractivity contribution in [1.82, 2.24) is 4.57 Å². The summed E-state index contributed by atoms with van der Waals surface area (Å²) in [5, 5.41) is 9.39. The van der Waals surface area contributed by atoms with Crippen LogP contribution >= 0.6 is 0 Å². The normalized spacial score (nSPS) is 16.5. The minimum Gasteiger partial charge on any atom is -0.454 e. The largest absolute Gasteiger partial charge is 0.454 e. The molecule has 2 aliphatic rings. The van der Waals surface area contributed by atoms with E-state index in [1.54, 1.807) is 12.1 Å². The number of nitrogens with two attached hydrogens (primary N) is 1. The predicted octanol–water partition coefficient (Wildman–Crippen LogP) is 3.58. The van der Waals surface area contributed by atoms with Crippen LogP contribution in [-0.4, -0.2) is 11.4 Å². The van der Waals surface area contributed by atoms with Crippen LogP contribution in [0, 0.1) is 11.3 Å². The first-order chi connectivity index (χ1) is 11.3. The lowest BCUT2D eigenvalue weighted by Gasteiger charge is -2.18. The van der Waals surface area contributed by atoms with Crippen molar-refractivity contribution >= 4 is 5.69 Å². The van der Waals surface area contributed by atoms with Gasteiger partial charge in [0, 0.05) is 18.2 Å². The molecule has 1 fully saturated rings. The molecule has 2 heterocycles. The van der Waals surface area contributed by atoms with Gasteiger partial charge in [0.2, 0.25) is 12.7 Å². The molecule has 4 rings (SSSR count). The molecule has 6 nitrogen and oxygen atoms in total. The molecule has 23 heavy (non-hydrogen) atoms. The second-order valence-electron chi connectivity index (χ2n) is 5.83. The molecule has 1 aliphatic heterocycles. The smallest absolute Gasteiger partial charge is 0.231 e. The van der Waals surface area contributed by atoms with Crippen LogP contribution in [0.5, 0.6) is 23.1 Å². The number of benzene rings is 1. The summed E-state index contributed by atoms with van der Waals surface area (Å²) in [4.78, 5) is 0. The highest BCUT2D eigenvalue weighted by molar-refractivity contribution is 5.57. The highest BCUT2D eigenvalue weighted by Gasteiger charge is 2.25. The van der Waals surface area contributed by atoms with Crippen LogP contribution in [0.2, 0.25) is 0 Å². The molecule has 0 spiro atoms. The summed E-state index contributed by atoms with van der Waals surface area (Å²) in [6.07, 6.45) is 4.41. The summed E-state index contributed by atoms with van der Waals surface area (Å²) < 4.78 is 18.6. The van der Waals surface area contributed by atoms with Crippen LogP contribution in [-0.2, 0) is 0 Å². The molecule has 0 saturated heterocycles. The fraction of sp³-hybridized carbons (Fsp3) is 0.353. The number of aromatic nitrogens is 1. The van der Waals surface area contributed by atoms with Gasteiger partial charge in [-0.15, -0.1) is 0 Å². The summed E-state index contributed by atoms with van der Waals surface area (Å²) in [6.45, 7) is 0.220. The van der Waals surface area contributed by atoms with Crippen molar-refractivity contribution in [1.29, 1.82) is 5.26 Å². The Hall–Kier alpha value is -2.81. The topological polar surface area (TPSA) is 82.4 Å². The molecule has 1 aromatic carbocycles. The van der Waals surface area contributed by atoms with Crippen molar-refractivity contribution in [2.24, 2.45) is 0 Å². The molecule has 0 unspecified atom stereocenters. The number of rotatable bonds is 3. The fourth-order valence-electron chi connectivity index (χ4n) is 3.30. The Labute approximate surface area is 134 Å². The van der Waals surface area contributed by atoms with Gasteiger partial charge in [-0.25, -0.2) is 0 Å². The Balaban J connectivity index is 1.71. The Morgan fingerprint density at radius 1 is 1.17 bits per heavy atom. The zero-order valence-corrected chi connectivity index (χ0v) is 12.6. The first-order valence-corrected chi connectivity index (χ1v) is 7.74. The second-order valence-corrected chi connectivity index (χ2v) is 5.83. The van der Waals surface area contributed by atoms with E-state index in [4.69, 9.17) is 19.9 Å². The van der Waals surface area contributed by atoms with Gasteiger partial charge in [-0.3, -0.25) is 4.57 Å². The molecule has 2 aromatic rings. The van der Waals surface area contributed by atoms with E-state index in [1.165, 1.54) is 0 Å². The van der Waals surface area contributed by atoms with Gasteiger partial charge in [0.05, 0.1) is 5.69 Å². The first kappa shape index (κ1) is 13.8. The maximum Gasteiger partial charge on any atom is 0.231 e. The van der Waals surface area contributed by atoms with Crippen LogP contribution in [0.15, 0.2) is 24.3 Å². The summed E-state index contributed by atoms with van der Waals surface area (Å²) >= 11 is 0. The Morgan fingerprint density at radius 3 is 2.74 bits per heavy atom. The van der Waals surface area contributed by atoms with E-state index in [0.717, 1.165) is 25.7 Å². The Bertz CT molecular complexity index is 785. The number of anilines is 1. The molecule has 1 saturated carbocycles. The lowest BCUT2D eigenvalue weighted by molar-refractivity contribution is 0.174. The first-order valence-electron chi connectivity index (χ1n) is 7.74. The standard InChI is InChI=1S/C17H17N3O3/c18-9-12-7-14(19)17(20(12)11-3-1-2-4-11)23-13-5-6-15-16(8-13)22-10-21-15/h5-8,11H,1-4,10,19H2. The van der Waals surface area contributed by atoms with E-state index in [1.807, 2.05) is 16.7 Å². The number of hydrogen-bond acceptors (Lipinski definition) is 5. The number of nitrogens with zero attached hydrogens (tertiary/aromatic N) is 2. The van der Waals surface area contributed by atoms with Gasteiger partial charge in [0.1, 0.15) is 17.5 Å². The molecule has 2 N–H and O–H groups in total. The molecule has 118 valence electrons. The number of fused-ring (bicyclic) bond motifs is 1. The van der Waals surface area contributed by atoms with Crippen LogP contribution in [0.25, 0.3) is 0 Å². The van der Waals surface area contributed by atoms with E-state index < -0.39 is 0 Å². The molecule has 6 heteroatoms. The molecule has 0 radical (unpaired) electrons. The number of hydrogen-bond donors (Lipinski definition) is 1. The third-order valence-electron chi connectivity index (χ3n) is 4.38. The van der Waals surface area contributed by atoms with Crippen molar-refractivity contribution in [3.8, 4) is 29.2 Å². The van der Waals surface area contributed by atoms with E-state index in [9.17, 15) is 5.26 Å². The monoisotopic (exact) mass is 311 g/mol. The minimum absolute atomic E-state index is 0.220. The Morgan fingerprint density at radius 2 is 1.96 bits per heavy atom. The third kappa shape index (κ3) is 2.34. The van der Waals surface area contributed by atoms with Crippen LogP contribution in [0.3, 0.4) is 0 Å². The fourth-order valence-corrected chi connectivity index (χ4v) is 3.30. The number of nitriles is 1. The maximum absolute atomic E-state index is 9.39. The van der Waals surface area contributed by atoms with Gasteiger partial charge >= 0.3 is 0 Å². The molecule has 1 aliphatic carbocycles. The molecule has 0 amide bonds. The van der Waals surface area contributed by atoms with Gasteiger partial charge in [-0.1, -0.05) is 12.8 Å². The lowest BCUT2D eigenvalue weighted by Crippen LogP contribution is -2.09. The molecule has 0 bridgehead atoms. The number of nitrogen functional groups attached to an aromatic ring is 1. The number of ether oxygens (including phenoxy) is 3. The summed E-state index contributed by atoms with van der Waals surface area (Å²) in [5.41, 5.74) is 7.12. The van der Waals surface area contributed by atoms with Gasteiger partial charge in [-0.2, -0.15) is 5.26 Å². The molecular weight excluding hydrogens is 294 g/mol. The van der Waals surface area contributed by atoms with Crippen molar-refractivity contribution in [3.63, 3.8) is 0 Å². The molecule has 1 aromatic heterocycles. The van der Waals surface area contributed by atoms with E-state index in [0.29, 0.717) is 34.5 Å². The van der Waals surface area contributed by atoms with Crippen molar-refractivity contribution in [3.05, 3.63) is 30.0 Å². The van der Waals surface area contributed by atoms with Gasteiger partial charge < -0.3 is 19.9 Å². The zero-order chi connectivity index (χ0) is 15.8. The summed E-state index contributed by atoms with van der Waals surface area (Å²) in [6, 6.07) is 9.57. The predicted molar refractivity (Wildman–Crippen MR) is 83.7 cm³/mol. The van der Waals surface area contributed by atoms with Gasteiger partial charge in [0.25, 0.3) is 0 Å². The zero-order valence-electron chi connectivity index (χ0n) is 12.6. The molecule has 0 atom stereocenters. The van der Waals surface area contributed by atoms with Gasteiger partial charge in [0.15, 0.2) is 11.5 Å². The summed E-state index contributed by atoms with van der Waals surface area (Å²) in [7, 11) is 0. The van der Waals surface area contributed by atoms with E-state index >= 15 is 0 Å². The van der Waals surface area contributed by atoms with Crippen LogP contribution in [0.4, 0.5) is 5.69 Å². The van der Waals surface area contributed by atoms with Crippen LogP contribution < -0.4 is 19.9 Å². The van der Waals surface area contributed by atoms with Gasteiger partial charge in [-0.05, 0) is 25.0 Å². The highest BCUT2D eigenvalue weighted by atomic mass is 16.7. The Kier molecular flexibility index (Phi) is 3.27. The second kappa shape index (κ2) is 5.43. The van der Waals surface area contributed by atoms with Crippen molar-refractivity contribution in [2.75, 3.05) is 12.5 Å². The highest BCUT2D eigenvalue weighted by Crippen LogP contribution is 2.42. The lowest BCUT2D eigenvalue weighted by atomic mass is 10.2.